The molecule has 0 bridgehead atoms. The number of amides is 2. The van der Waals surface area contributed by atoms with E-state index in [1.807, 2.05) is 13.0 Å². The molecule has 5 nitrogen and oxygen atoms in total. The molecule has 1 aromatic carbocycles. The van der Waals surface area contributed by atoms with Crippen LogP contribution in [0.5, 0.6) is 0 Å². The lowest BCUT2D eigenvalue weighted by atomic mass is 10.2. The Bertz CT molecular complexity index is 786. The molecule has 3 rings (SSSR count). The summed E-state index contributed by atoms with van der Waals surface area (Å²) in [5.41, 5.74) is 2.22. The average Bonchev–Trinajstić information content (AvgIpc) is 3.12. The maximum Gasteiger partial charge on any atom is 0.274 e. The second kappa shape index (κ2) is 7.01. The highest BCUT2D eigenvalue weighted by Gasteiger charge is 2.20. The molecule has 2 amide bonds. The SMILES string of the molecule is Cc1ccc(NC(=O)c2cc(C(=O)N3CCCC3)ccn2)cc1Cl. The Morgan fingerprint density at radius 3 is 2.62 bits per heavy atom. The van der Waals surface area contributed by atoms with Gasteiger partial charge in [0.1, 0.15) is 5.69 Å². The zero-order valence-corrected chi connectivity index (χ0v) is 14.1. The quantitative estimate of drug-likeness (QED) is 0.927. The van der Waals surface area contributed by atoms with Crippen LogP contribution in [0.15, 0.2) is 36.5 Å². The molecule has 1 aliphatic rings. The fraction of sp³-hybridized carbons (Fsp3) is 0.278. The number of nitrogens with zero attached hydrogens (tertiary/aromatic N) is 2. The Hall–Kier alpha value is -2.40. The van der Waals surface area contributed by atoms with Gasteiger partial charge in [-0.3, -0.25) is 14.6 Å². The predicted octanol–water partition coefficient (Wildman–Crippen LogP) is 3.53. The molecule has 0 spiro atoms. The largest absolute Gasteiger partial charge is 0.339 e. The van der Waals surface area contributed by atoms with Crippen LogP contribution in [0.25, 0.3) is 0 Å². The van der Waals surface area contributed by atoms with Gasteiger partial charge in [0.05, 0.1) is 0 Å². The lowest BCUT2D eigenvalue weighted by Gasteiger charge is -2.15. The number of hydrogen-bond donors (Lipinski definition) is 1. The van der Waals surface area contributed by atoms with Gasteiger partial charge in [-0.15, -0.1) is 0 Å². The van der Waals surface area contributed by atoms with Crippen molar-refractivity contribution >= 4 is 29.1 Å². The third kappa shape index (κ3) is 3.57. The van der Waals surface area contributed by atoms with E-state index in [0.717, 1.165) is 31.5 Å². The molecule has 24 heavy (non-hydrogen) atoms. The van der Waals surface area contributed by atoms with E-state index >= 15 is 0 Å². The van der Waals surface area contributed by atoms with Crippen LogP contribution in [-0.4, -0.2) is 34.8 Å². The number of benzene rings is 1. The van der Waals surface area contributed by atoms with Gasteiger partial charge in [-0.1, -0.05) is 17.7 Å². The Kier molecular flexibility index (Phi) is 4.81. The highest BCUT2D eigenvalue weighted by atomic mass is 35.5. The number of anilines is 1. The van der Waals surface area contributed by atoms with E-state index in [1.54, 1.807) is 23.1 Å². The van der Waals surface area contributed by atoms with E-state index < -0.39 is 0 Å². The molecule has 6 heteroatoms. The van der Waals surface area contributed by atoms with Crippen LogP contribution in [0.3, 0.4) is 0 Å². The van der Waals surface area contributed by atoms with Gasteiger partial charge < -0.3 is 10.2 Å². The van der Waals surface area contributed by atoms with Crippen molar-refractivity contribution in [3.63, 3.8) is 0 Å². The van der Waals surface area contributed by atoms with Gasteiger partial charge >= 0.3 is 0 Å². The summed E-state index contributed by atoms with van der Waals surface area (Å²) in [6.07, 6.45) is 3.54. The number of aromatic nitrogens is 1. The summed E-state index contributed by atoms with van der Waals surface area (Å²) in [4.78, 5) is 30.6. The van der Waals surface area contributed by atoms with E-state index in [1.165, 1.54) is 12.3 Å². The third-order valence-corrected chi connectivity index (χ3v) is 4.47. The molecule has 124 valence electrons. The molecule has 0 saturated carbocycles. The van der Waals surface area contributed by atoms with E-state index in [9.17, 15) is 9.59 Å². The van der Waals surface area contributed by atoms with Gasteiger partial charge in [0, 0.05) is 35.6 Å². The van der Waals surface area contributed by atoms with Crippen LogP contribution < -0.4 is 5.32 Å². The van der Waals surface area contributed by atoms with Gasteiger partial charge in [0.2, 0.25) is 0 Å². The van der Waals surface area contributed by atoms with Crippen molar-refractivity contribution in [3.8, 4) is 0 Å². The van der Waals surface area contributed by atoms with E-state index in [0.29, 0.717) is 16.3 Å². The van der Waals surface area contributed by atoms with Crippen molar-refractivity contribution in [3.05, 3.63) is 58.4 Å². The van der Waals surface area contributed by atoms with Crippen molar-refractivity contribution in [2.75, 3.05) is 18.4 Å². The first-order valence-electron chi connectivity index (χ1n) is 7.87. The summed E-state index contributed by atoms with van der Waals surface area (Å²) >= 11 is 6.07. The molecule has 1 N–H and O–H groups in total. The van der Waals surface area contributed by atoms with Crippen molar-refractivity contribution in [1.29, 1.82) is 0 Å². The maximum atomic E-state index is 12.4. The van der Waals surface area contributed by atoms with Crippen LogP contribution >= 0.6 is 11.6 Å². The van der Waals surface area contributed by atoms with E-state index in [-0.39, 0.29) is 17.5 Å². The van der Waals surface area contributed by atoms with Gasteiger partial charge in [0.25, 0.3) is 11.8 Å². The molecule has 0 unspecified atom stereocenters. The summed E-state index contributed by atoms with van der Waals surface area (Å²) in [5.74, 6) is -0.423. The number of nitrogens with one attached hydrogen (secondary N) is 1. The van der Waals surface area contributed by atoms with Gasteiger partial charge in [-0.2, -0.15) is 0 Å². The lowest BCUT2D eigenvalue weighted by molar-refractivity contribution is 0.0792. The Balaban J connectivity index is 1.76. The van der Waals surface area contributed by atoms with Crippen LogP contribution in [0, 0.1) is 6.92 Å². The third-order valence-electron chi connectivity index (χ3n) is 4.06. The highest BCUT2D eigenvalue weighted by molar-refractivity contribution is 6.31. The number of pyridine rings is 1. The maximum absolute atomic E-state index is 12.4. The lowest BCUT2D eigenvalue weighted by Crippen LogP contribution is -2.28. The predicted molar refractivity (Wildman–Crippen MR) is 93.5 cm³/mol. The smallest absolute Gasteiger partial charge is 0.274 e. The molecule has 1 aromatic heterocycles. The molecular formula is C18H18ClN3O2. The number of likely N-dealkylation sites (tertiary alicyclic amines) is 1. The van der Waals surface area contributed by atoms with Crippen LogP contribution in [-0.2, 0) is 0 Å². The summed E-state index contributed by atoms with van der Waals surface area (Å²) in [6, 6.07) is 8.47. The topological polar surface area (TPSA) is 62.3 Å². The Morgan fingerprint density at radius 1 is 1.17 bits per heavy atom. The number of carbonyl (C=O) groups is 2. The molecule has 0 radical (unpaired) electrons. The summed E-state index contributed by atoms with van der Waals surface area (Å²) in [6.45, 7) is 3.43. The molecule has 0 aliphatic carbocycles. The molecule has 1 fully saturated rings. The Morgan fingerprint density at radius 2 is 1.92 bits per heavy atom. The molecule has 1 saturated heterocycles. The van der Waals surface area contributed by atoms with E-state index in [2.05, 4.69) is 10.3 Å². The minimum Gasteiger partial charge on any atom is -0.339 e. The first kappa shape index (κ1) is 16.5. The zero-order valence-electron chi connectivity index (χ0n) is 13.4. The monoisotopic (exact) mass is 343 g/mol. The molecule has 2 heterocycles. The normalized spacial score (nSPS) is 13.8. The van der Waals surface area contributed by atoms with Crippen molar-refractivity contribution in [2.45, 2.75) is 19.8 Å². The minimum absolute atomic E-state index is 0.0534. The fourth-order valence-electron chi connectivity index (χ4n) is 2.66. The summed E-state index contributed by atoms with van der Waals surface area (Å²) in [7, 11) is 0. The average molecular weight is 344 g/mol. The highest BCUT2D eigenvalue weighted by Crippen LogP contribution is 2.20. The molecule has 1 aliphatic heterocycles. The first-order chi connectivity index (χ1) is 11.5. The first-order valence-corrected chi connectivity index (χ1v) is 8.25. The van der Waals surface area contributed by atoms with Crippen molar-refractivity contribution in [2.24, 2.45) is 0 Å². The van der Waals surface area contributed by atoms with E-state index in [4.69, 9.17) is 11.6 Å². The fourth-order valence-corrected chi connectivity index (χ4v) is 2.84. The molecule has 0 atom stereocenters. The number of hydrogen-bond acceptors (Lipinski definition) is 3. The second-order valence-electron chi connectivity index (χ2n) is 5.85. The second-order valence-corrected chi connectivity index (χ2v) is 6.25. The van der Waals surface area contributed by atoms with Gasteiger partial charge in [-0.05, 0) is 49.6 Å². The number of aryl methyl sites for hydroxylation is 1. The van der Waals surface area contributed by atoms with Gasteiger partial charge in [-0.25, -0.2) is 0 Å². The zero-order chi connectivity index (χ0) is 17.1. The summed E-state index contributed by atoms with van der Waals surface area (Å²) in [5, 5.41) is 3.33. The van der Waals surface area contributed by atoms with Crippen molar-refractivity contribution in [1.82, 2.24) is 9.88 Å². The standard InChI is InChI=1S/C18H18ClN3O2/c1-12-4-5-14(11-15(12)19)21-17(23)16-10-13(6-7-20-16)18(24)22-8-2-3-9-22/h4-7,10-11H,2-3,8-9H2,1H3,(H,21,23). The molecular weight excluding hydrogens is 326 g/mol. The molecule has 2 aromatic rings. The summed E-state index contributed by atoms with van der Waals surface area (Å²) < 4.78 is 0. The number of carbonyl (C=O) groups excluding carboxylic acids is 2. The Labute approximate surface area is 145 Å². The number of rotatable bonds is 3. The van der Waals surface area contributed by atoms with Crippen molar-refractivity contribution < 1.29 is 9.59 Å². The van der Waals surface area contributed by atoms with Crippen LogP contribution in [0.4, 0.5) is 5.69 Å². The number of halogens is 1. The van der Waals surface area contributed by atoms with Crippen LogP contribution in [0.1, 0.15) is 39.3 Å². The minimum atomic E-state index is -0.369. The van der Waals surface area contributed by atoms with Crippen LogP contribution in [0.2, 0.25) is 5.02 Å². The van der Waals surface area contributed by atoms with Gasteiger partial charge in [0.15, 0.2) is 0 Å².